The first-order valence-electron chi connectivity index (χ1n) is 17.2. The summed E-state index contributed by atoms with van der Waals surface area (Å²) in [6, 6.07) is 6.26. The third-order valence-corrected chi connectivity index (χ3v) is 12.5. The number of hydrogen-bond acceptors (Lipinski definition) is 13. The molecule has 5 aliphatic rings. The van der Waals surface area contributed by atoms with E-state index < -0.39 is 88.6 Å². The van der Waals surface area contributed by atoms with E-state index in [1.165, 1.54) is 46.1 Å². The molecule has 272 valence electrons. The van der Waals surface area contributed by atoms with E-state index in [4.69, 9.17) is 28.4 Å². The van der Waals surface area contributed by atoms with Crippen LogP contribution in [0.1, 0.15) is 83.0 Å². The van der Waals surface area contributed by atoms with Crippen LogP contribution in [0.15, 0.2) is 35.9 Å². The molecule has 1 aromatic rings. The molecule has 0 unspecified atom stereocenters. The zero-order valence-corrected chi connectivity index (χ0v) is 29.1. The van der Waals surface area contributed by atoms with Gasteiger partial charge in [0.2, 0.25) is 0 Å². The Hall–Kier alpha value is -3.97. The molecule has 0 bridgehead atoms. The molecule has 4 saturated carbocycles. The SMILES string of the molecule is COc1ccc(C(=O)O[C@@H]2C[C@H](OC(C)=O)C[C@@]3(O)CC[C@@H]4[C@H]([C@H](OC(C)=O)C[C@]5(C)[C@@H](C6=CC(=O)OC6)CC[C@]45O)[C@@]23COC(C)=O)cc1. The number of carbonyl (C=O) groups is 5. The van der Waals surface area contributed by atoms with Crippen LogP contribution in [0, 0.1) is 28.6 Å². The lowest BCUT2D eigenvalue weighted by atomic mass is 9.40. The van der Waals surface area contributed by atoms with Crippen molar-refractivity contribution in [3.05, 3.63) is 41.5 Å². The van der Waals surface area contributed by atoms with Gasteiger partial charge in [-0.3, -0.25) is 14.4 Å². The number of methoxy groups -OCH3 is 1. The lowest BCUT2D eigenvalue weighted by Crippen LogP contribution is -2.76. The van der Waals surface area contributed by atoms with Gasteiger partial charge in [-0.25, -0.2) is 9.59 Å². The molecule has 4 fully saturated rings. The van der Waals surface area contributed by atoms with Crippen molar-refractivity contribution in [3.63, 3.8) is 0 Å². The summed E-state index contributed by atoms with van der Waals surface area (Å²) >= 11 is 0. The van der Waals surface area contributed by atoms with Crippen molar-refractivity contribution in [1.82, 2.24) is 0 Å². The van der Waals surface area contributed by atoms with E-state index in [1.54, 1.807) is 12.1 Å². The van der Waals surface area contributed by atoms with Gasteiger partial charge in [0.25, 0.3) is 0 Å². The molecule has 0 spiro atoms. The van der Waals surface area contributed by atoms with Crippen LogP contribution in [0.25, 0.3) is 0 Å². The fourth-order valence-electron chi connectivity index (χ4n) is 10.5. The van der Waals surface area contributed by atoms with Crippen molar-refractivity contribution in [2.75, 3.05) is 20.3 Å². The summed E-state index contributed by atoms with van der Waals surface area (Å²) < 4.78 is 34.3. The smallest absolute Gasteiger partial charge is 0.338 e. The Labute approximate surface area is 290 Å². The lowest BCUT2D eigenvalue weighted by Gasteiger charge is -2.68. The maximum Gasteiger partial charge on any atom is 0.338 e. The highest BCUT2D eigenvalue weighted by Gasteiger charge is 2.77. The summed E-state index contributed by atoms with van der Waals surface area (Å²) in [4.78, 5) is 63.7. The first-order chi connectivity index (χ1) is 23.6. The molecule has 10 atom stereocenters. The molecule has 13 heteroatoms. The van der Waals surface area contributed by atoms with Crippen molar-refractivity contribution in [3.8, 4) is 5.75 Å². The maximum atomic E-state index is 13.9. The Morgan fingerprint density at radius 1 is 0.920 bits per heavy atom. The van der Waals surface area contributed by atoms with E-state index in [-0.39, 0.29) is 50.2 Å². The Balaban J connectivity index is 1.50. The average molecular weight is 699 g/mol. The Morgan fingerprint density at radius 3 is 2.22 bits per heavy atom. The fourth-order valence-corrected chi connectivity index (χ4v) is 10.5. The molecule has 1 heterocycles. The third kappa shape index (κ3) is 5.75. The predicted molar refractivity (Wildman–Crippen MR) is 172 cm³/mol. The highest BCUT2D eigenvalue weighted by Crippen LogP contribution is 2.71. The first-order valence-corrected chi connectivity index (χ1v) is 17.2. The maximum absolute atomic E-state index is 13.9. The number of carbonyl (C=O) groups excluding carboxylic acids is 5. The molecule has 0 radical (unpaired) electrons. The number of fused-ring (bicyclic) bond motifs is 5. The molecular formula is C37H46O13. The van der Waals surface area contributed by atoms with Crippen molar-refractivity contribution in [1.29, 1.82) is 0 Å². The molecule has 50 heavy (non-hydrogen) atoms. The second kappa shape index (κ2) is 13.0. The van der Waals surface area contributed by atoms with Crippen LogP contribution in [-0.2, 0) is 42.9 Å². The summed E-state index contributed by atoms with van der Waals surface area (Å²) in [6.07, 6.45) is -0.275. The number of rotatable bonds is 8. The quantitative estimate of drug-likeness (QED) is 0.299. The highest BCUT2D eigenvalue weighted by molar-refractivity contribution is 5.89. The minimum atomic E-state index is -1.76. The van der Waals surface area contributed by atoms with Crippen LogP contribution >= 0.6 is 0 Å². The first kappa shape index (κ1) is 35.8. The average Bonchev–Trinajstić information content (AvgIpc) is 3.58. The van der Waals surface area contributed by atoms with Crippen LogP contribution in [-0.4, -0.2) is 89.9 Å². The lowest BCUT2D eigenvalue weighted by molar-refractivity contribution is -0.318. The van der Waals surface area contributed by atoms with Gasteiger partial charge in [0, 0.05) is 51.0 Å². The van der Waals surface area contributed by atoms with Gasteiger partial charge >= 0.3 is 29.8 Å². The van der Waals surface area contributed by atoms with Crippen LogP contribution in [0.2, 0.25) is 0 Å². The highest BCUT2D eigenvalue weighted by atomic mass is 16.6. The van der Waals surface area contributed by atoms with Crippen LogP contribution in [0.4, 0.5) is 0 Å². The largest absolute Gasteiger partial charge is 0.497 e. The summed E-state index contributed by atoms with van der Waals surface area (Å²) in [5.41, 5.74) is -4.68. The van der Waals surface area contributed by atoms with E-state index in [2.05, 4.69) is 0 Å². The molecule has 4 aliphatic carbocycles. The van der Waals surface area contributed by atoms with Crippen LogP contribution < -0.4 is 4.74 Å². The normalized spacial score (nSPS) is 38.7. The number of esters is 5. The molecular weight excluding hydrogens is 652 g/mol. The van der Waals surface area contributed by atoms with E-state index in [9.17, 15) is 34.2 Å². The van der Waals surface area contributed by atoms with E-state index >= 15 is 0 Å². The van der Waals surface area contributed by atoms with Crippen molar-refractivity contribution >= 4 is 29.8 Å². The molecule has 1 aliphatic heterocycles. The van der Waals surface area contributed by atoms with Crippen molar-refractivity contribution in [2.24, 2.45) is 28.6 Å². The van der Waals surface area contributed by atoms with Gasteiger partial charge in [-0.15, -0.1) is 0 Å². The van der Waals surface area contributed by atoms with E-state index in [0.717, 1.165) is 5.57 Å². The van der Waals surface area contributed by atoms with Gasteiger partial charge in [0.1, 0.15) is 37.3 Å². The van der Waals surface area contributed by atoms with Gasteiger partial charge in [-0.05, 0) is 73.8 Å². The fraction of sp³-hybridized carbons (Fsp3) is 0.649. The number of aliphatic hydroxyl groups is 2. The Morgan fingerprint density at radius 2 is 1.62 bits per heavy atom. The molecule has 13 nitrogen and oxygen atoms in total. The minimum absolute atomic E-state index is 0.0499. The molecule has 2 N–H and O–H groups in total. The molecule has 1 aromatic carbocycles. The minimum Gasteiger partial charge on any atom is -0.497 e. The molecule has 6 rings (SSSR count). The van der Waals surface area contributed by atoms with Crippen LogP contribution in [0.3, 0.4) is 0 Å². The second-order valence-corrected chi connectivity index (χ2v) is 14.9. The standard InChI is InChI=1S/C37H46O13/c1-20(38)47-19-36-30(50-33(42)23-6-8-25(45-5)9-7-23)15-26(48-21(2)39)16-35(36,43)12-10-28-32(36)29(49-22(3)40)17-34(4)27(11-13-37(28,34)44)24-14-31(41)46-18-24/h6-9,14,26-30,32,43-44H,10-13,15-19H2,1-5H3/t26-,27+,28+,29+,30+,32+,34+,35-,36+,37-/m0/s1. The predicted octanol–water partition coefficient (Wildman–Crippen LogP) is 3.22. The molecule has 0 aromatic heterocycles. The molecule has 0 amide bonds. The monoisotopic (exact) mass is 698 g/mol. The van der Waals surface area contributed by atoms with E-state index in [0.29, 0.717) is 18.6 Å². The Kier molecular flexibility index (Phi) is 9.30. The van der Waals surface area contributed by atoms with Gasteiger partial charge in [-0.2, -0.15) is 0 Å². The molecule has 0 saturated heterocycles. The van der Waals surface area contributed by atoms with Gasteiger partial charge < -0.3 is 38.6 Å². The number of hydrogen-bond donors (Lipinski definition) is 2. The summed E-state index contributed by atoms with van der Waals surface area (Å²) in [6.45, 7) is 5.40. The number of benzene rings is 1. The summed E-state index contributed by atoms with van der Waals surface area (Å²) in [5.74, 6) is -4.24. The zero-order chi connectivity index (χ0) is 36.2. The number of cyclic esters (lactones) is 1. The summed E-state index contributed by atoms with van der Waals surface area (Å²) in [5, 5.41) is 25.9. The third-order valence-electron chi connectivity index (χ3n) is 12.5. The van der Waals surface area contributed by atoms with Crippen molar-refractivity contribution in [2.45, 2.75) is 102 Å². The number of ether oxygens (including phenoxy) is 6. The van der Waals surface area contributed by atoms with E-state index in [1.807, 2.05) is 6.92 Å². The zero-order valence-electron chi connectivity index (χ0n) is 29.1. The summed E-state index contributed by atoms with van der Waals surface area (Å²) in [7, 11) is 1.50. The van der Waals surface area contributed by atoms with Crippen molar-refractivity contribution < 1.29 is 62.6 Å². The van der Waals surface area contributed by atoms with Gasteiger partial charge in [0.05, 0.1) is 29.3 Å². The topological polar surface area (TPSA) is 181 Å². The Bertz CT molecular complexity index is 1590. The van der Waals surface area contributed by atoms with Crippen LogP contribution in [0.5, 0.6) is 5.75 Å². The second-order valence-electron chi connectivity index (χ2n) is 14.9. The van der Waals surface area contributed by atoms with Gasteiger partial charge in [0.15, 0.2) is 0 Å². The van der Waals surface area contributed by atoms with Gasteiger partial charge in [-0.1, -0.05) is 6.92 Å².